The third-order valence-electron chi connectivity index (χ3n) is 2.92. The van der Waals surface area contributed by atoms with Gasteiger partial charge in [0.25, 0.3) is 0 Å². The number of rotatable bonds is 3. The molecule has 0 spiro atoms. The fourth-order valence-corrected chi connectivity index (χ4v) is 1.75. The predicted octanol–water partition coefficient (Wildman–Crippen LogP) is 2.89. The van der Waals surface area contributed by atoms with Crippen LogP contribution in [0.25, 0.3) is 0 Å². The van der Waals surface area contributed by atoms with E-state index in [1.165, 1.54) is 0 Å². The second-order valence-electron chi connectivity index (χ2n) is 5.63. The molecule has 18 heavy (non-hydrogen) atoms. The van der Waals surface area contributed by atoms with Gasteiger partial charge in [-0.05, 0) is 30.0 Å². The van der Waals surface area contributed by atoms with E-state index in [4.69, 9.17) is 17.3 Å². The molecule has 100 valence electrons. The topological polar surface area (TPSA) is 55.1 Å². The Hall–Kier alpha value is -1.06. The van der Waals surface area contributed by atoms with Gasteiger partial charge in [-0.3, -0.25) is 4.79 Å². The summed E-state index contributed by atoms with van der Waals surface area (Å²) in [5.41, 5.74) is 6.63. The molecule has 0 saturated carbocycles. The Labute approximate surface area is 114 Å². The summed E-state index contributed by atoms with van der Waals surface area (Å²) in [6.45, 7) is 7.75. The lowest BCUT2D eigenvalue weighted by Crippen LogP contribution is -2.49. The maximum Gasteiger partial charge on any atom is 0.237 e. The lowest BCUT2D eigenvalue weighted by molar-refractivity contribution is -0.125. The summed E-state index contributed by atoms with van der Waals surface area (Å²) in [6.07, 6.45) is 0. The molecule has 3 N–H and O–H groups in total. The molecular formula is C14H21ClN2O. The van der Waals surface area contributed by atoms with E-state index in [9.17, 15) is 4.79 Å². The number of halogens is 1. The van der Waals surface area contributed by atoms with Gasteiger partial charge in [0.2, 0.25) is 5.91 Å². The first-order valence-corrected chi connectivity index (χ1v) is 6.41. The third kappa shape index (κ3) is 4.00. The Kier molecular flexibility index (Phi) is 4.77. The van der Waals surface area contributed by atoms with Gasteiger partial charge in [0.05, 0.1) is 12.1 Å². The zero-order chi connectivity index (χ0) is 13.9. The third-order valence-corrected chi connectivity index (χ3v) is 3.16. The normalized spacial score (nSPS) is 15.0. The first-order valence-electron chi connectivity index (χ1n) is 6.03. The van der Waals surface area contributed by atoms with Crippen LogP contribution < -0.4 is 11.1 Å². The second kappa shape index (κ2) is 5.72. The van der Waals surface area contributed by atoms with Crippen molar-refractivity contribution in [1.82, 2.24) is 5.32 Å². The maximum absolute atomic E-state index is 12.0. The lowest BCUT2D eigenvalue weighted by Gasteiger charge is -2.27. The summed E-state index contributed by atoms with van der Waals surface area (Å²) < 4.78 is 0. The van der Waals surface area contributed by atoms with Crippen molar-refractivity contribution in [3.8, 4) is 0 Å². The Morgan fingerprint density at radius 2 is 2.00 bits per heavy atom. The van der Waals surface area contributed by atoms with Gasteiger partial charge in [0.15, 0.2) is 0 Å². The van der Waals surface area contributed by atoms with Gasteiger partial charge < -0.3 is 11.1 Å². The van der Waals surface area contributed by atoms with E-state index in [0.717, 1.165) is 5.56 Å². The molecule has 0 aliphatic rings. The first-order chi connectivity index (χ1) is 8.21. The summed E-state index contributed by atoms with van der Waals surface area (Å²) >= 11 is 5.92. The molecule has 0 fully saturated rings. The number of hydrogen-bond donors (Lipinski definition) is 2. The average molecular weight is 269 g/mol. The molecule has 0 radical (unpaired) electrons. The first kappa shape index (κ1) is 15.0. The molecule has 0 bridgehead atoms. The summed E-state index contributed by atoms with van der Waals surface area (Å²) in [7, 11) is 0. The molecule has 0 aliphatic carbocycles. The van der Waals surface area contributed by atoms with E-state index < -0.39 is 6.04 Å². The van der Waals surface area contributed by atoms with Crippen LogP contribution in [-0.2, 0) is 4.79 Å². The molecule has 2 atom stereocenters. The molecule has 4 heteroatoms. The standard InChI is InChI=1S/C14H21ClN2O/c1-9(10-6-5-7-11(15)8-10)17-13(18)12(16)14(2,3)4/h5-9,12H,16H2,1-4H3,(H,17,18)/t9-,12+/m0/s1. The van der Waals surface area contributed by atoms with Gasteiger partial charge in [-0.15, -0.1) is 0 Å². The monoisotopic (exact) mass is 268 g/mol. The highest BCUT2D eigenvalue weighted by Gasteiger charge is 2.28. The van der Waals surface area contributed by atoms with Crippen molar-refractivity contribution < 1.29 is 4.79 Å². The maximum atomic E-state index is 12.0. The van der Waals surface area contributed by atoms with Crippen LogP contribution in [-0.4, -0.2) is 11.9 Å². The minimum absolute atomic E-state index is 0.107. The van der Waals surface area contributed by atoms with Crippen LogP contribution in [0.15, 0.2) is 24.3 Å². The van der Waals surface area contributed by atoms with Gasteiger partial charge >= 0.3 is 0 Å². The number of hydrogen-bond acceptors (Lipinski definition) is 2. The lowest BCUT2D eigenvalue weighted by atomic mass is 9.86. The van der Waals surface area contributed by atoms with Gasteiger partial charge in [-0.1, -0.05) is 44.5 Å². The average Bonchev–Trinajstić information content (AvgIpc) is 2.26. The molecule has 1 rings (SSSR count). The van der Waals surface area contributed by atoms with Crippen LogP contribution in [0.2, 0.25) is 5.02 Å². The SMILES string of the molecule is C[C@H](NC(=O)[C@@H](N)C(C)(C)C)c1cccc(Cl)c1. The van der Waals surface area contributed by atoms with E-state index in [0.29, 0.717) is 5.02 Å². The fourth-order valence-electron chi connectivity index (χ4n) is 1.56. The van der Waals surface area contributed by atoms with E-state index >= 15 is 0 Å². The Balaban J connectivity index is 2.71. The van der Waals surface area contributed by atoms with Gasteiger partial charge in [0.1, 0.15) is 0 Å². The number of nitrogens with one attached hydrogen (secondary N) is 1. The number of carbonyl (C=O) groups excluding carboxylic acids is 1. The van der Waals surface area contributed by atoms with Crippen LogP contribution in [0.3, 0.4) is 0 Å². The number of amides is 1. The van der Waals surface area contributed by atoms with Crippen LogP contribution in [0, 0.1) is 5.41 Å². The zero-order valence-electron chi connectivity index (χ0n) is 11.3. The second-order valence-corrected chi connectivity index (χ2v) is 6.07. The smallest absolute Gasteiger partial charge is 0.237 e. The molecule has 3 nitrogen and oxygen atoms in total. The Morgan fingerprint density at radius 3 is 2.50 bits per heavy atom. The molecule has 0 aliphatic heterocycles. The molecule has 0 heterocycles. The van der Waals surface area contributed by atoms with Crippen molar-refractivity contribution in [1.29, 1.82) is 0 Å². The van der Waals surface area contributed by atoms with E-state index in [2.05, 4.69) is 5.32 Å². The van der Waals surface area contributed by atoms with Crippen LogP contribution in [0.5, 0.6) is 0 Å². The highest BCUT2D eigenvalue weighted by molar-refractivity contribution is 6.30. The molecular weight excluding hydrogens is 248 g/mol. The summed E-state index contributed by atoms with van der Waals surface area (Å²) in [4.78, 5) is 12.0. The fraction of sp³-hybridized carbons (Fsp3) is 0.500. The van der Waals surface area contributed by atoms with Crippen LogP contribution >= 0.6 is 11.6 Å². The molecule has 0 saturated heterocycles. The number of nitrogens with two attached hydrogens (primary N) is 1. The van der Waals surface area contributed by atoms with Gasteiger partial charge in [0, 0.05) is 5.02 Å². The summed E-state index contributed by atoms with van der Waals surface area (Å²) in [6, 6.07) is 6.81. The Bertz CT molecular complexity index is 426. The highest BCUT2D eigenvalue weighted by Crippen LogP contribution is 2.20. The number of benzene rings is 1. The van der Waals surface area contributed by atoms with E-state index in [1.54, 1.807) is 6.07 Å². The summed E-state index contributed by atoms with van der Waals surface area (Å²) in [5.74, 6) is -0.144. The van der Waals surface area contributed by atoms with Crippen LogP contribution in [0.1, 0.15) is 39.3 Å². The zero-order valence-corrected chi connectivity index (χ0v) is 12.1. The minimum Gasteiger partial charge on any atom is -0.348 e. The van der Waals surface area contributed by atoms with Crippen LogP contribution in [0.4, 0.5) is 0 Å². The van der Waals surface area contributed by atoms with Crippen molar-refractivity contribution in [2.24, 2.45) is 11.1 Å². The van der Waals surface area contributed by atoms with Crippen molar-refractivity contribution in [3.05, 3.63) is 34.9 Å². The van der Waals surface area contributed by atoms with Crippen molar-refractivity contribution in [3.63, 3.8) is 0 Å². The van der Waals surface area contributed by atoms with E-state index in [1.807, 2.05) is 45.9 Å². The molecule has 0 aromatic heterocycles. The van der Waals surface area contributed by atoms with Gasteiger partial charge in [-0.2, -0.15) is 0 Å². The number of carbonyl (C=O) groups is 1. The molecule has 1 aromatic rings. The Morgan fingerprint density at radius 1 is 1.39 bits per heavy atom. The summed E-state index contributed by atoms with van der Waals surface area (Å²) in [5, 5.41) is 3.57. The molecule has 1 aromatic carbocycles. The highest BCUT2D eigenvalue weighted by atomic mass is 35.5. The van der Waals surface area contributed by atoms with Crippen molar-refractivity contribution >= 4 is 17.5 Å². The quantitative estimate of drug-likeness (QED) is 0.886. The largest absolute Gasteiger partial charge is 0.348 e. The minimum atomic E-state index is -0.529. The van der Waals surface area contributed by atoms with Crippen molar-refractivity contribution in [2.45, 2.75) is 39.8 Å². The van der Waals surface area contributed by atoms with Gasteiger partial charge in [-0.25, -0.2) is 0 Å². The molecule has 0 unspecified atom stereocenters. The van der Waals surface area contributed by atoms with Crippen molar-refractivity contribution in [2.75, 3.05) is 0 Å². The predicted molar refractivity (Wildman–Crippen MR) is 75.4 cm³/mol. The van der Waals surface area contributed by atoms with E-state index in [-0.39, 0.29) is 17.4 Å². The molecule has 1 amide bonds.